The van der Waals surface area contributed by atoms with Crippen LogP contribution in [0.15, 0.2) is 158 Å². The van der Waals surface area contributed by atoms with E-state index in [1.165, 1.54) is 99.0 Å². The van der Waals surface area contributed by atoms with E-state index in [1.54, 1.807) is 0 Å². The van der Waals surface area contributed by atoms with Crippen LogP contribution in [0.4, 0.5) is 0 Å². The summed E-state index contributed by atoms with van der Waals surface area (Å²) in [5.74, 6) is 0. The van der Waals surface area contributed by atoms with Gasteiger partial charge in [0.1, 0.15) is 0 Å². The highest BCUT2D eigenvalue weighted by Crippen LogP contribution is 2.44. The zero-order chi connectivity index (χ0) is 33.1. The van der Waals surface area contributed by atoms with Gasteiger partial charge in [0, 0.05) is 28.4 Å². The Balaban J connectivity index is 1.11. The fraction of sp³-hybridized carbons (Fsp3) is 0.0833. The van der Waals surface area contributed by atoms with Gasteiger partial charge in [0.25, 0.3) is 0 Å². The molecule has 0 amide bonds. The molecular weight excluding hydrogens is 591 g/mol. The standard InChI is InChI=1S/C48H37N/c1-4-49-45-13-9-8-12-39(45)42-30-38(24-27-46(42)49)35-18-16-33(17-19-35)34-20-22-37(23-21-34)48-41-26-15-31(2)28-43(41)47(36-10-6-5-7-11-36)40-25-14-32(3)29-44(40)48/h5-30H,4H2,1-3H3. The maximum absolute atomic E-state index is 2.41. The Labute approximate surface area is 287 Å². The maximum atomic E-state index is 2.41. The Hall–Kier alpha value is -5.92. The molecular formula is C48H37N. The lowest BCUT2D eigenvalue weighted by Gasteiger charge is -2.19. The number of rotatable bonds is 5. The van der Waals surface area contributed by atoms with Crippen LogP contribution in [-0.2, 0) is 6.54 Å². The van der Waals surface area contributed by atoms with Crippen LogP contribution >= 0.6 is 0 Å². The van der Waals surface area contributed by atoms with Gasteiger partial charge in [-0.25, -0.2) is 0 Å². The van der Waals surface area contributed by atoms with Gasteiger partial charge in [-0.2, -0.15) is 0 Å². The summed E-state index contributed by atoms with van der Waals surface area (Å²) in [4.78, 5) is 0. The molecule has 0 unspecified atom stereocenters. The lowest BCUT2D eigenvalue weighted by Crippen LogP contribution is -1.92. The van der Waals surface area contributed by atoms with Gasteiger partial charge in [-0.1, -0.05) is 151 Å². The van der Waals surface area contributed by atoms with Crippen LogP contribution in [0.1, 0.15) is 18.1 Å². The quantitative estimate of drug-likeness (QED) is 0.167. The van der Waals surface area contributed by atoms with E-state index in [2.05, 4.69) is 183 Å². The second-order valence-corrected chi connectivity index (χ2v) is 13.4. The Kier molecular flexibility index (Phi) is 6.95. The van der Waals surface area contributed by atoms with Gasteiger partial charge in [0.2, 0.25) is 0 Å². The van der Waals surface area contributed by atoms with Crippen LogP contribution in [0.5, 0.6) is 0 Å². The van der Waals surface area contributed by atoms with Crippen molar-refractivity contribution in [3.63, 3.8) is 0 Å². The van der Waals surface area contributed by atoms with Crippen LogP contribution < -0.4 is 0 Å². The molecule has 0 aliphatic heterocycles. The molecule has 8 aromatic carbocycles. The maximum Gasteiger partial charge on any atom is 0.0491 e. The average Bonchev–Trinajstić information content (AvgIpc) is 3.47. The van der Waals surface area contributed by atoms with Crippen LogP contribution in [0.2, 0.25) is 0 Å². The largest absolute Gasteiger partial charge is 0.341 e. The van der Waals surface area contributed by atoms with E-state index < -0.39 is 0 Å². The van der Waals surface area contributed by atoms with Crippen molar-refractivity contribution < 1.29 is 0 Å². The highest BCUT2D eigenvalue weighted by atomic mass is 15.0. The summed E-state index contributed by atoms with van der Waals surface area (Å²) in [5.41, 5.74) is 15.2. The molecule has 0 spiro atoms. The minimum absolute atomic E-state index is 0.960. The number of fused-ring (bicyclic) bond motifs is 5. The van der Waals surface area contributed by atoms with Crippen molar-refractivity contribution >= 4 is 43.4 Å². The number of aromatic nitrogens is 1. The lowest BCUT2D eigenvalue weighted by atomic mass is 9.84. The zero-order valence-corrected chi connectivity index (χ0v) is 28.2. The molecule has 0 aliphatic rings. The molecule has 0 aliphatic carbocycles. The van der Waals surface area contributed by atoms with E-state index in [0.717, 1.165) is 6.54 Å². The van der Waals surface area contributed by atoms with Gasteiger partial charge < -0.3 is 4.57 Å². The van der Waals surface area contributed by atoms with Crippen LogP contribution in [0, 0.1) is 13.8 Å². The number of nitrogens with zero attached hydrogens (tertiary/aromatic N) is 1. The predicted molar refractivity (Wildman–Crippen MR) is 211 cm³/mol. The lowest BCUT2D eigenvalue weighted by molar-refractivity contribution is 0.827. The Morgan fingerprint density at radius 2 is 0.816 bits per heavy atom. The molecule has 1 nitrogen and oxygen atoms in total. The molecule has 9 aromatic rings. The molecule has 49 heavy (non-hydrogen) atoms. The van der Waals surface area contributed by atoms with E-state index in [1.807, 2.05) is 0 Å². The van der Waals surface area contributed by atoms with Crippen molar-refractivity contribution in [1.29, 1.82) is 0 Å². The van der Waals surface area contributed by atoms with Crippen molar-refractivity contribution in [1.82, 2.24) is 4.57 Å². The summed E-state index contributed by atoms with van der Waals surface area (Å²) in [6.07, 6.45) is 0. The molecule has 1 heteroatoms. The van der Waals surface area contributed by atoms with Gasteiger partial charge >= 0.3 is 0 Å². The summed E-state index contributed by atoms with van der Waals surface area (Å²) in [6, 6.07) is 58.5. The molecule has 0 radical (unpaired) electrons. The zero-order valence-electron chi connectivity index (χ0n) is 28.2. The van der Waals surface area contributed by atoms with Crippen LogP contribution in [0.25, 0.3) is 87.9 Å². The molecule has 0 fully saturated rings. The summed E-state index contributed by atoms with van der Waals surface area (Å²) in [6.45, 7) is 7.57. The number of hydrogen-bond acceptors (Lipinski definition) is 0. The van der Waals surface area contributed by atoms with Crippen molar-refractivity contribution in [2.24, 2.45) is 0 Å². The number of hydrogen-bond donors (Lipinski definition) is 0. The first-order valence-corrected chi connectivity index (χ1v) is 17.3. The molecule has 0 bridgehead atoms. The van der Waals surface area contributed by atoms with Crippen molar-refractivity contribution in [2.75, 3.05) is 0 Å². The van der Waals surface area contributed by atoms with Crippen LogP contribution in [-0.4, -0.2) is 4.57 Å². The topological polar surface area (TPSA) is 4.93 Å². The van der Waals surface area contributed by atoms with E-state index in [4.69, 9.17) is 0 Å². The smallest absolute Gasteiger partial charge is 0.0491 e. The third-order valence-corrected chi connectivity index (χ3v) is 10.3. The van der Waals surface area contributed by atoms with Crippen molar-refractivity contribution in [3.8, 4) is 44.5 Å². The molecule has 0 saturated heterocycles. The second kappa shape index (κ2) is 11.6. The number of aryl methyl sites for hydroxylation is 3. The van der Waals surface area contributed by atoms with E-state index in [0.29, 0.717) is 0 Å². The first-order chi connectivity index (χ1) is 24.1. The summed E-state index contributed by atoms with van der Waals surface area (Å²) in [5, 5.41) is 7.82. The highest BCUT2D eigenvalue weighted by molar-refractivity contribution is 6.21. The molecule has 1 aromatic heterocycles. The van der Waals surface area contributed by atoms with Gasteiger partial charge in [-0.05, 0) is 105 Å². The molecule has 0 N–H and O–H groups in total. The van der Waals surface area contributed by atoms with Crippen molar-refractivity contribution in [3.05, 3.63) is 169 Å². The van der Waals surface area contributed by atoms with E-state index >= 15 is 0 Å². The second-order valence-electron chi connectivity index (χ2n) is 13.4. The minimum atomic E-state index is 0.960. The Bertz CT molecular complexity index is 2670. The van der Waals surface area contributed by atoms with Gasteiger partial charge in [-0.3, -0.25) is 0 Å². The first-order valence-electron chi connectivity index (χ1n) is 17.3. The van der Waals surface area contributed by atoms with Gasteiger partial charge in [0.05, 0.1) is 0 Å². The third kappa shape index (κ3) is 4.85. The van der Waals surface area contributed by atoms with Crippen molar-refractivity contribution in [2.45, 2.75) is 27.3 Å². The minimum Gasteiger partial charge on any atom is -0.341 e. The van der Waals surface area contributed by atoms with Gasteiger partial charge in [0.15, 0.2) is 0 Å². The first kappa shape index (κ1) is 29.2. The Morgan fingerprint density at radius 1 is 0.347 bits per heavy atom. The molecule has 0 atom stereocenters. The Morgan fingerprint density at radius 3 is 1.41 bits per heavy atom. The van der Waals surface area contributed by atoms with E-state index in [9.17, 15) is 0 Å². The molecule has 9 rings (SSSR count). The SMILES string of the molecule is CCn1c2ccccc2c2cc(-c3ccc(-c4ccc(-c5c6ccc(C)cc6c(-c6ccccc6)c6ccc(C)cc56)cc4)cc3)ccc21. The van der Waals surface area contributed by atoms with E-state index in [-0.39, 0.29) is 0 Å². The highest BCUT2D eigenvalue weighted by Gasteiger charge is 2.17. The average molecular weight is 628 g/mol. The van der Waals surface area contributed by atoms with Crippen LogP contribution in [0.3, 0.4) is 0 Å². The van der Waals surface area contributed by atoms with Gasteiger partial charge in [-0.15, -0.1) is 0 Å². The summed E-state index contributed by atoms with van der Waals surface area (Å²) in [7, 11) is 0. The third-order valence-electron chi connectivity index (χ3n) is 10.3. The molecule has 1 heterocycles. The monoisotopic (exact) mass is 627 g/mol. The normalized spacial score (nSPS) is 11.7. The number of para-hydroxylation sites is 1. The molecule has 0 saturated carbocycles. The summed E-state index contributed by atoms with van der Waals surface area (Å²) < 4.78 is 2.41. The number of benzene rings is 8. The fourth-order valence-electron chi connectivity index (χ4n) is 7.94. The molecule has 234 valence electrons. The summed E-state index contributed by atoms with van der Waals surface area (Å²) >= 11 is 0. The fourth-order valence-corrected chi connectivity index (χ4v) is 7.94. The predicted octanol–water partition coefficient (Wildman–Crippen LogP) is 13.4.